The molecule has 2 nitrogen and oxygen atoms in total. The second-order valence-electron chi connectivity index (χ2n) is 5.91. The van der Waals surface area contributed by atoms with Crippen LogP contribution in [0.2, 0.25) is 0 Å². The Kier molecular flexibility index (Phi) is 4.26. The molecule has 2 rings (SSSR count). The second-order valence-corrected chi connectivity index (χ2v) is 5.91. The molecule has 1 aliphatic heterocycles. The van der Waals surface area contributed by atoms with Crippen molar-refractivity contribution in [1.82, 2.24) is 4.98 Å². The van der Waals surface area contributed by atoms with Crippen molar-refractivity contribution in [2.45, 2.75) is 47.0 Å². The number of nitrogens with zero attached hydrogens (tertiary/aromatic N) is 2. The van der Waals surface area contributed by atoms with E-state index in [9.17, 15) is 0 Å². The summed E-state index contributed by atoms with van der Waals surface area (Å²) in [7, 11) is 0. The number of pyridine rings is 1. The van der Waals surface area contributed by atoms with E-state index in [0.29, 0.717) is 0 Å². The van der Waals surface area contributed by atoms with Crippen LogP contribution in [0.3, 0.4) is 0 Å². The molecule has 1 aromatic rings. The molecule has 0 aliphatic carbocycles. The minimum absolute atomic E-state index is 0.786. The molecular formula is C16H26N2. The summed E-state index contributed by atoms with van der Waals surface area (Å²) in [5.41, 5.74) is 2.86. The summed E-state index contributed by atoms with van der Waals surface area (Å²) >= 11 is 0. The Morgan fingerprint density at radius 3 is 2.83 bits per heavy atom. The number of rotatable bonds is 4. The molecule has 0 spiro atoms. The first-order chi connectivity index (χ1) is 8.63. The van der Waals surface area contributed by atoms with Gasteiger partial charge in [0.05, 0.1) is 0 Å². The predicted molar refractivity (Wildman–Crippen MR) is 78.1 cm³/mol. The maximum Gasteiger partial charge on any atom is 0.131 e. The summed E-state index contributed by atoms with van der Waals surface area (Å²) in [6.45, 7) is 11.5. The lowest BCUT2D eigenvalue weighted by Gasteiger charge is -2.22. The average Bonchev–Trinajstić information content (AvgIpc) is 2.81. The van der Waals surface area contributed by atoms with Gasteiger partial charge in [-0.2, -0.15) is 0 Å². The van der Waals surface area contributed by atoms with E-state index in [1.807, 2.05) is 6.20 Å². The van der Waals surface area contributed by atoms with Crippen molar-refractivity contribution in [3.05, 3.63) is 23.4 Å². The summed E-state index contributed by atoms with van der Waals surface area (Å²) in [5, 5.41) is 0. The standard InChI is InChI=1S/C16H26N2/c1-5-6-14-7-9-17-16(13(14)4)18-10-8-15(11-18)12(2)3/h7,9,12,15H,5-6,8,10-11H2,1-4H3. The Balaban J connectivity index is 2.17. The maximum atomic E-state index is 4.62. The Bertz CT molecular complexity index is 398. The highest BCUT2D eigenvalue weighted by Crippen LogP contribution is 2.30. The predicted octanol–water partition coefficient (Wildman–Crippen LogP) is 3.82. The Hall–Kier alpha value is -1.05. The molecule has 0 amide bonds. The van der Waals surface area contributed by atoms with E-state index < -0.39 is 0 Å². The molecule has 1 fully saturated rings. The van der Waals surface area contributed by atoms with Crippen molar-refractivity contribution in [1.29, 1.82) is 0 Å². The Morgan fingerprint density at radius 1 is 1.44 bits per heavy atom. The molecule has 1 saturated heterocycles. The first-order valence-electron chi connectivity index (χ1n) is 7.33. The monoisotopic (exact) mass is 246 g/mol. The highest BCUT2D eigenvalue weighted by atomic mass is 15.2. The zero-order chi connectivity index (χ0) is 13.1. The number of hydrogen-bond donors (Lipinski definition) is 0. The van der Waals surface area contributed by atoms with E-state index in [2.05, 4.69) is 43.6 Å². The van der Waals surface area contributed by atoms with Gasteiger partial charge < -0.3 is 4.90 Å². The molecule has 100 valence electrons. The molecule has 1 aromatic heterocycles. The van der Waals surface area contributed by atoms with Gasteiger partial charge in [-0.1, -0.05) is 27.2 Å². The van der Waals surface area contributed by atoms with E-state index in [-0.39, 0.29) is 0 Å². The van der Waals surface area contributed by atoms with E-state index >= 15 is 0 Å². The molecule has 1 atom stereocenters. The van der Waals surface area contributed by atoms with Gasteiger partial charge in [0.2, 0.25) is 0 Å². The van der Waals surface area contributed by atoms with Gasteiger partial charge in [-0.25, -0.2) is 4.98 Å². The van der Waals surface area contributed by atoms with E-state index in [4.69, 9.17) is 0 Å². The number of hydrogen-bond acceptors (Lipinski definition) is 2. The number of aryl methyl sites for hydroxylation is 1. The Labute approximate surface area is 111 Å². The molecule has 2 heteroatoms. The summed E-state index contributed by atoms with van der Waals surface area (Å²) in [6.07, 6.45) is 5.68. The van der Waals surface area contributed by atoms with Crippen LogP contribution in [0.4, 0.5) is 5.82 Å². The average molecular weight is 246 g/mol. The lowest BCUT2D eigenvalue weighted by Crippen LogP contribution is -2.23. The highest BCUT2D eigenvalue weighted by Gasteiger charge is 2.26. The van der Waals surface area contributed by atoms with Crippen molar-refractivity contribution in [3.63, 3.8) is 0 Å². The molecule has 0 bridgehead atoms. The molecular weight excluding hydrogens is 220 g/mol. The van der Waals surface area contributed by atoms with Crippen LogP contribution in [0, 0.1) is 18.8 Å². The fourth-order valence-corrected chi connectivity index (χ4v) is 2.95. The molecule has 1 aliphatic rings. The van der Waals surface area contributed by atoms with Crippen LogP contribution in [0.1, 0.15) is 44.7 Å². The lowest BCUT2D eigenvalue weighted by molar-refractivity contribution is 0.422. The molecule has 0 aromatic carbocycles. The van der Waals surface area contributed by atoms with E-state index in [0.717, 1.165) is 11.8 Å². The SMILES string of the molecule is CCCc1ccnc(N2CCC(C(C)C)C2)c1C. The summed E-state index contributed by atoms with van der Waals surface area (Å²) in [4.78, 5) is 7.11. The van der Waals surface area contributed by atoms with Gasteiger partial charge in [0.1, 0.15) is 5.82 Å². The van der Waals surface area contributed by atoms with E-state index in [1.54, 1.807) is 0 Å². The normalized spacial score (nSPS) is 19.8. The van der Waals surface area contributed by atoms with Crippen LogP contribution in [-0.2, 0) is 6.42 Å². The maximum absolute atomic E-state index is 4.62. The zero-order valence-corrected chi connectivity index (χ0v) is 12.2. The second kappa shape index (κ2) is 5.73. The lowest BCUT2D eigenvalue weighted by atomic mass is 9.95. The topological polar surface area (TPSA) is 16.1 Å². The van der Waals surface area contributed by atoms with Gasteiger partial charge in [-0.3, -0.25) is 0 Å². The van der Waals surface area contributed by atoms with Crippen molar-refractivity contribution in [3.8, 4) is 0 Å². The Morgan fingerprint density at radius 2 is 2.22 bits per heavy atom. The van der Waals surface area contributed by atoms with Gasteiger partial charge in [-0.15, -0.1) is 0 Å². The first kappa shape index (κ1) is 13.4. The van der Waals surface area contributed by atoms with Gasteiger partial charge in [-0.05, 0) is 48.8 Å². The van der Waals surface area contributed by atoms with Crippen LogP contribution < -0.4 is 4.90 Å². The van der Waals surface area contributed by atoms with Crippen molar-refractivity contribution in [2.24, 2.45) is 11.8 Å². The van der Waals surface area contributed by atoms with Crippen LogP contribution in [0.25, 0.3) is 0 Å². The van der Waals surface area contributed by atoms with Crippen LogP contribution in [0.5, 0.6) is 0 Å². The first-order valence-corrected chi connectivity index (χ1v) is 7.33. The van der Waals surface area contributed by atoms with Crippen LogP contribution in [-0.4, -0.2) is 18.1 Å². The van der Waals surface area contributed by atoms with Crippen LogP contribution in [0.15, 0.2) is 12.3 Å². The highest BCUT2D eigenvalue weighted by molar-refractivity contribution is 5.50. The van der Waals surface area contributed by atoms with Gasteiger partial charge in [0, 0.05) is 19.3 Å². The smallest absolute Gasteiger partial charge is 0.131 e. The molecule has 0 radical (unpaired) electrons. The molecule has 1 unspecified atom stereocenters. The fourth-order valence-electron chi connectivity index (χ4n) is 2.95. The summed E-state index contributed by atoms with van der Waals surface area (Å²) < 4.78 is 0. The number of anilines is 1. The minimum atomic E-state index is 0.786. The van der Waals surface area contributed by atoms with Crippen LogP contribution >= 0.6 is 0 Å². The molecule has 0 N–H and O–H groups in total. The van der Waals surface area contributed by atoms with Gasteiger partial charge in [0.15, 0.2) is 0 Å². The molecule has 2 heterocycles. The fraction of sp³-hybridized carbons (Fsp3) is 0.688. The third-order valence-corrected chi connectivity index (χ3v) is 4.28. The third-order valence-electron chi connectivity index (χ3n) is 4.28. The number of aromatic nitrogens is 1. The van der Waals surface area contributed by atoms with Crippen molar-refractivity contribution in [2.75, 3.05) is 18.0 Å². The largest absolute Gasteiger partial charge is 0.356 e. The summed E-state index contributed by atoms with van der Waals surface area (Å²) in [5.74, 6) is 2.85. The van der Waals surface area contributed by atoms with Gasteiger partial charge >= 0.3 is 0 Å². The van der Waals surface area contributed by atoms with Gasteiger partial charge in [0.25, 0.3) is 0 Å². The molecule has 0 saturated carbocycles. The summed E-state index contributed by atoms with van der Waals surface area (Å²) in [6, 6.07) is 2.18. The van der Waals surface area contributed by atoms with Crippen molar-refractivity contribution < 1.29 is 0 Å². The van der Waals surface area contributed by atoms with E-state index in [1.165, 1.54) is 49.3 Å². The quantitative estimate of drug-likeness (QED) is 0.802. The van der Waals surface area contributed by atoms with Crippen molar-refractivity contribution >= 4 is 5.82 Å². The molecule has 18 heavy (non-hydrogen) atoms. The third kappa shape index (κ3) is 2.68. The minimum Gasteiger partial charge on any atom is -0.356 e. The zero-order valence-electron chi connectivity index (χ0n) is 12.2.